The van der Waals surface area contributed by atoms with Gasteiger partial charge >= 0.3 is 11.9 Å². The lowest BCUT2D eigenvalue weighted by atomic mass is 10.1. The molecule has 0 aromatic carbocycles. The lowest BCUT2D eigenvalue weighted by molar-refractivity contribution is -0.889. The number of hydrogen-bond acceptors (Lipinski definition) is 7. The molecule has 0 fully saturated rings. The van der Waals surface area contributed by atoms with Crippen LogP contribution < -0.4 is 5.11 Å². The Morgan fingerprint density at radius 1 is 0.517 bits per heavy atom. The molecular formula is C52H85NO7. The number of carbonyl (C=O) groups excluding carboxylic acids is 3. The van der Waals surface area contributed by atoms with Crippen LogP contribution >= 0.6 is 0 Å². The number of allylic oxidation sites excluding steroid dienone is 16. The van der Waals surface area contributed by atoms with E-state index in [1.165, 1.54) is 38.5 Å². The van der Waals surface area contributed by atoms with Gasteiger partial charge in [-0.25, -0.2) is 0 Å². The fourth-order valence-electron chi connectivity index (χ4n) is 6.11. The van der Waals surface area contributed by atoms with Crippen molar-refractivity contribution < 1.29 is 38.2 Å². The first-order valence-corrected chi connectivity index (χ1v) is 23.3. The van der Waals surface area contributed by atoms with E-state index in [4.69, 9.17) is 14.2 Å². The number of unbranched alkanes of at least 4 members (excludes halogenated alkanes) is 10. The van der Waals surface area contributed by atoms with Gasteiger partial charge in [-0.05, 0) is 89.9 Å². The second-order valence-electron chi connectivity index (χ2n) is 16.3. The molecule has 0 aromatic heterocycles. The number of esters is 2. The third kappa shape index (κ3) is 39.7. The Kier molecular flexibility index (Phi) is 39.3. The fraction of sp³-hybridized carbons (Fsp3) is 0.635. The highest BCUT2D eigenvalue weighted by atomic mass is 16.6. The van der Waals surface area contributed by atoms with Gasteiger partial charge in [0.05, 0.1) is 40.3 Å². The molecule has 0 rings (SSSR count). The highest BCUT2D eigenvalue weighted by molar-refractivity contribution is 5.70. The van der Waals surface area contributed by atoms with Crippen LogP contribution in [-0.4, -0.2) is 75.5 Å². The summed E-state index contributed by atoms with van der Waals surface area (Å²) in [6, 6.07) is -0.743. The van der Waals surface area contributed by atoms with Crippen LogP contribution in [0.15, 0.2) is 97.2 Å². The maximum atomic E-state index is 12.7. The molecule has 2 unspecified atom stereocenters. The van der Waals surface area contributed by atoms with Crippen LogP contribution in [-0.2, 0) is 28.6 Å². The number of carboxylic acids is 1. The minimum atomic E-state index is -1.14. The first-order chi connectivity index (χ1) is 29.1. The van der Waals surface area contributed by atoms with E-state index in [9.17, 15) is 19.5 Å². The van der Waals surface area contributed by atoms with Crippen molar-refractivity contribution in [2.24, 2.45) is 0 Å². The zero-order valence-electron chi connectivity index (χ0n) is 38.6. The Balaban J connectivity index is 4.45. The van der Waals surface area contributed by atoms with Crippen molar-refractivity contribution in [3.63, 3.8) is 0 Å². The maximum Gasteiger partial charge on any atom is 0.306 e. The molecule has 0 aliphatic heterocycles. The number of carboxylic acid groups (broad SMARTS) is 1. The van der Waals surface area contributed by atoms with Gasteiger partial charge in [0.25, 0.3) is 0 Å². The van der Waals surface area contributed by atoms with E-state index in [1.54, 1.807) is 21.1 Å². The van der Waals surface area contributed by atoms with Crippen LogP contribution in [0, 0.1) is 0 Å². The van der Waals surface area contributed by atoms with E-state index in [0.717, 1.165) is 83.5 Å². The largest absolute Gasteiger partial charge is 0.544 e. The molecule has 0 bridgehead atoms. The molecule has 8 heteroatoms. The van der Waals surface area contributed by atoms with Crippen LogP contribution in [0.25, 0.3) is 0 Å². The molecule has 60 heavy (non-hydrogen) atoms. The van der Waals surface area contributed by atoms with Crippen molar-refractivity contribution in [1.82, 2.24) is 0 Å². The predicted molar refractivity (Wildman–Crippen MR) is 249 cm³/mol. The zero-order valence-corrected chi connectivity index (χ0v) is 38.6. The van der Waals surface area contributed by atoms with Crippen LogP contribution in [0.3, 0.4) is 0 Å². The van der Waals surface area contributed by atoms with Crippen LogP contribution in [0.4, 0.5) is 0 Å². The number of quaternary nitrogens is 1. The first-order valence-electron chi connectivity index (χ1n) is 23.3. The third-order valence-electron chi connectivity index (χ3n) is 9.70. The molecule has 0 radical (unpaired) electrons. The van der Waals surface area contributed by atoms with Gasteiger partial charge in [0.1, 0.15) is 12.6 Å². The third-order valence-corrected chi connectivity index (χ3v) is 9.70. The summed E-state index contributed by atoms with van der Waals surface area (Å²) in [5.74, 6) is -1.84. The highest BCUT2D eigenvalue weighted by Gasteiger charge is 2.25. The van der Waals surface area contributed by atoms with Crippen molar-refractivity contribution >= 4 is 17.9 Å². The Hall–Kier alpha value is -3.75. The van der Waals surface area contributed by atoms with Crippen LogP contribution in [0.5, 0.6) is 0 Å². The van der Waals surface area contributed by atoms with Gasteiger partial charge in [-0.15, -0.1) is 0 Å². The fourth-order valence-corrected chi connectivity index (χ4v) is 6.11. The minimum absolute atomic E-state index is 0.00795. The Bertz CT molecular complexity index is 1300. The van der Waals surface area contributed by atoms with Crippen LogP contribution in [0.2, 0.25) is 0 Å². The summed E-state index contributed by atoms with van der Waals surface area (Å²) in [6.07, 6.45) is 55.8. The van der Waals surface area contributed by atoms with E-state index in [2.05, 4.69) is 111 Å². The van der Waals surface area contributed by atoms with Gasteiger partial charge in [0.15, 0.2) is 6.10 Å². The smallest absolute Gasteiger partial charge is 0.306 e. The van der Waals surface area contributed by atoms with Crippen molar-refractivity contribution in [2.75, 3.05) is 41.0 Å². The van der Waals surface area contributed by atoms with Gasteiger partial charge in [0, 0.05) is 19.3 Å². The van der Waals surface area contributed by atoms with Crippen LogP contribution in [0.1, 0.15) is 162 Å². The van der Waals surface area contributed by atoms with Gasteiger partial charge < -0.3 is 28.6 Å². The number of aliphatic carboxylic acids is 1. The van der Waals surface area contributed by atoms with Crippen molar-refractivity contribution in [3.8, 4) is 0 Å². The first kappa shape index (κ1) is 56.2. The number of likely N-dealkylation sites (N-methyl/N-ethyl adjacent to an activating group) is 1. The number of ether oxygens (including phenoxy) is 3. The summed E-state index contributed by atoms with van der Waals surface area (Å²) in [7, 11) is 5.37. The lowest BCUT2D eigenvalue weighted by Gasteiger charge is -2.34. The summed E-state index contributed by atoms with van der Waals surface area (Å²) in [5.41, 5.74) is 0. The van der Waals surface area contributed by atoms with Crippen molar-refractivity contribution in [2.45, 2.75) is 174 Å². The van der Waals surface area contributed by atoms with Gasteiger partial charge in [-0.3, -0.25) is 9.59 Å². The molecule has 0 saturated carbocycles. The normalized spacial score (nSPS) is 13.8. The molecule has 340 valence electrons. The van der Waals surface area contributed by atoms with E-state index >= 15 is 0 Å². The number of carbonyl (C=O) groups is 3. The Labute approximate surface area is 366 Å². The van der Waals surface area contributed by atoms with E-state index in [0.29, 0.717) is 12.8 Å². The molecule has 0 amide bonds. The topological polar surface area (TPSA) is 102 Å². The number of rotatable bonds is 40. The molecule has 0 spiro atoms. The molecule has 8 nitrogen and oxygen atoms in total. The SMILES string of the molecule is CC/C=C/C/C=C/C/C=C/C/C=C/CCCCCCCCC(=O)OCC(COCCC(C(=O)[O-])[N+](C)(C)C)OC(=O)CCC/C=C/C/C=C/C/C=C/C/C=C/CCCCC. The summed E-state index contributed by atoms with van der Waals surface area (Å²) >= 11 is 0. The van der Waals surface area contributed by atoms with Crippen molar-refractivity contribution in [3.05, 3.63) is 97.2 Å². The summed E-state index contributed by atoms with van der Waals surface area (Å²) in [4.78, 5) is 36.9. The molecule has 0 aliphatic carbocycles. The second kappa shape index (κ2) is 42.0. The van der Waals surface area contributed by atoms with Gasteiger partial charge in [-0.1, -0.05) is 150 Å². The predicted octanol–water partition coefficient (Wildman–Crippen LogP) is 11.7. The van der Waals surface area contributed by atoms with E-state index in [-0.39, 0.29) is 49.1 Å². The molecule has 0 saturated heterocycles. The van der Waals surface area contributed by atoms with Crippen molar-refractivity contribution in [1.29, 1.82) is 0 Å². The summed E-state index contributed by atoms with van der Waals surface area (Å²) in [6.45, 7) is 4.43. The lowest BCUT2D eigenvalue weighted by Crippen LogP contribution is -2.55. The number of hydrogen-bond donors (Lipinski definition) is 0. The summed E-state index contributed by atoms with van der Waals surface area (Å²) in [5, 5.41) is 11.6. The standard InChI is InChI=1S/C52H85NO7/c1-6-8-10-12-14-16-18-20-22-24-25-27-28-30-32-34-36-38-40-42-50(54)59-47-48(46-58-45-44-49(52(56)57)53(3,4)5)60-51(55)43-41-39-37-35-33-31-29-26-23-21-19-17-15-13-11-9-7-2/h8,10,14-17,20-23,25,27,29,31,35,37,48-49H,6-7,9,11-13,18-19,24,26,28,30,32-34,36,38-47H2,1-5H3/b10-8+,16-14+,17-15+,22-20+,23-21+,27-25+,31-29+,37-35+. The second-order valence-corrected chi connectivity index (χ2v) is 16.3. The molecule has 0 aliphatic rings. The zero-order chi connectivity index (χ0) is 44.2. The molecule has 2 atom stereocenters. The highest BCUT2D eigenvalue weighted by Crippen LogP contribution is 2.12. The maximum absolute atomic E-state index is 12.7. The van der Waals surface area contributed by atoms with Gasteiger partial charge in [0.2, 0.25) is 0 Å². The molecular weight excluding hydrogens is 751 g/mol. The Morgan fingerprint density at radius 2 is 0.950 bits per heavy atom. The Morgan fingerprint density at radius 3 is 1.43 bits per heavy atom. The quantitative estimate of drug-likeness (QED) is 0.0262. The molecule has 0 aromatic rings. The minimum Gasteiger partial charge on any atom is -0.544 e. The van der Waals surface area contributed by atoms with E-state index in [1.807, 2.05) is 0 Å². The van der Waals surface area contributed by atoms with E-state index < -0.39 is 18.1 Å². The molecule has 0 N–H and O–H groups in total. The average Bonchev–Trinajstić information content (AvgIpc) is 3.21. The molecule has 0 heterocycles. The summed E-state index contributed by atoms with van der Waals surface area (Å²) < 4.78 is 17.1. The number of nitrogens with zero attached hydrogens (tertiary/aromatic N) is 1. The average molecular weight is 836 g/mol. The monoisotopic (exact) mass is 836 g/mol. The van der Waals surface area contributed by atoms with Gasteiger partial charge in [-0.2, -0.15) is 0 Å².